The molecular weight excluding hydrogens is 540 g/mol. The highest BCUT2D eigenvalue weighted by Crippen LogP contribution is 2.32. The quantitative estimate of drug-likeness (QED) is 0.269. The first-order valence-electron chi connectivity index (χ1n) is 14.4. The van der Waals surface area contributed by atoms with Gasteiger partial charge < -0.3 is 25.4 Å². The molecule has 224 valence electrons. The van der Waals surface area contributed by atoms with Crippen molar-refractivity contribution in [1.82, 2.24) is 24.4 Å². The van der Waals surface area contributed by atoms with E-state index in [-0.39, 0.29) is 22.9 Å². The maximum atomic E-state index is 13.4. The molecule has 4 heterocycles. The molecule has 3 aromatic heterocycles. The van der Waals surface area contributed by atoms with E-state index in [0.717, 1.165) is 64.1 Å². The van der Waals surface area contributed by atoms with Gasteiger partial charge in [-0.2, -0.15) is 4.98 Å². The number of carbonyl (C=O) groups excluding carboxylic acids is 2. The van der Waals surface area contributed by atoms with Gasteiger partial charge in [0.1, 0.15) is 11.5 Å². The van der Waals surface area contributed by atoms with Crippen LogP contribution >= 0.6 is 0 Å². The van der Waals surface area contributed by atoms with E-state index in [2.05, 4.69) is 25.1 Å². The lowest BCUT2D eigenvalue weighted by Crippen LogP contribution is -2.47. The van der Waals surface area contributed by atoms with Crippen LogP contribution in [0.2, 0.25) is 0 Å². The number of hydrogen-bond acceptors (Lipinski definition) is 11. The van der Waals surface area contributed by atoms with Crippen molar-refractivity contribution in [2.45, 2.75) is 58.8 Å². The maximum absolute atomic E-state index is 13.4. The van der Waals surface area contributed by atoms with Crippen LogP contribution in [0.25, 0.3) is 11.0 Å². The summed E-state index contributed by atoms with van der Waals surface area (Å²) < 4.78 is 12.0. The molecule has 0 spiro atoms. The Bertz CT molecular complexity index is 1490. The minimum atomic E-state index is -0.847. The summed E-state index contributed by atoms with van der Waals surface area (Å²) in [7, 11) is 0. The Hall–Kier alpha value is -4.10. The van der Waals surface area contributed by atoms with E-state index in [9.17, 15) is 14.4 Å². The molecule has 1 atom stereocenters. The van der Waals surface area contributed by atoms with Crippen LogP contribution in [0.5, 0.6) is 0 Å². The first-order chi connectivity index (χ1) is 20.2. The highest BCUT2D eigenvalue weighted by molar-refractivity contribution is 5.99. The molecule has 0 radical (unpaired) electrons. The Morgan fingerprint density at radius 1 is 1.12 bits per heavy atom. The van der Waals surface area contributed by atoms with E-state index in [0.29, 0.717) is 35.0 Å². The minimum absolute atomic E-state index is 0.0197. The predicted octanol–water partition coefficient (Wildman–Crippen LogP) is 3.14. The third-order valence-electron chi connectivity index (χ3n) is 8.02. The van der Waals surface area contributed by atoms with Gasteiger partial charge >= 0.3 is 6.09 Å². The number of fused-ring (bicyclic) bond motifs is 1. The first-order valence-corrected chi connectivity index (χ1v) is 14.4. The Morgan fingerprint density at radius 3 is 2.50 bits per heavy atom. The number of rotatable bonds is 10. The number of carbonyl (C=O) groups is 2. The summed E-state index contributed by atoms with van der Waals surface area (Å²) in [6.45, 7) is 9.46. The summed E-state index contributed by atoms with van der Waals surface area (Å²) in [5.41, 5.74) is 7.12. The van der Waals surface area contributed by atoms with Gasteiger partial charge in [-0.25, -0.2) is 14.8 Å². The normalized spacial score (nSPS) is 17.0. The molecule has 13 nitrogen and oxygen atoms in total. The number of nitrogens with one attached hydrogen (secondary N) is 1. The number of pyridine rings is 2. The van der Waals surface area contributed by atoms with Crippen LogP contribution < -0.4 is 21.5 Å². The molecule has 13 heteroatoms. The minimum Gasteiger partial charge on any atom is -0.420 e. The van der Waals surface area contributed by atoms with Crippen molar-refractivity contribution >= 4 is 40.4 Å². The van der Waals surface area contributed by atoms with Gasteiger partial charge in [-0.15, -0.1) is 0 Å². The van der Waals surface area contributed by atoms with Crippen LogP contribution in [0, 0.1) is 6.92 Å². The number of nitrogens with zero attached hydrogens (tertiary/aromatic N) is 6. The molecule has 1 unspecified atom stereocenters. The molecule has 0 bridgehead atoms. The SMILES string of the molecule is CC(=O)c1c(C)c2cnc(Nc3ccc(N4CCN(CCOC(C)OC(N)=O)CC4)cn3)nc2n(C2CCCC2)c1=O. The second-order valence-electron chi connectivity index (χ2n) is 10.8. The molecule has 1 aliphatic heterocycles. The van der Waals surface area contributed by atoms with Gasteiger partial charge in [0, 0.05) is 50.3 Å². The summed E-state index contributed by atoms with van der Waals surface area (Å²) in [5, 5.41) is 3.88. The maximum Gasteiger partial charge on any atom is 0.406 e. The van der Waals surface area contributed by atoms with Crippen molar-refractivity contribution in [3.63, 3.8) is 0 Å². The van der Waals surface area contributed by atoms with Crippen LogP contribution in [-0.4, -0.2) is 81.9 Å². The Balaban J connectivity index is 1.24. The number of piperazine rings is 1. The van der Waals surface area contributed by atoms with Crippen molar-refractivity contribution in [3.05, 3.63) is 46.0 Å². The van der Waals surface area contributed by atoms with Crippen LogP contribution in [0.3, 0.4) is 0 Å². The first kappa shape index (κ1) is 29.4. The van der Waals surface area contributed by atoms with Crippen molar-refractivity contribution in [3.8, 4) is 0 Å². The lowest BCUT2D eigenvalue weighted by Gasteiger charge is -2.36. The molecular formula is C29H38N8O5. The van der Waals surface area contributed by atoms with Crippen LogP contribution in [-0.2, 0) is 9.47 Å². The molecule has 3 N–H and O–H groups in total. The van der Waals surface area contributed by atoms with Gasteiger partial charge in [0.15, 0.2) is 5.78 Å². The predicted molar refractivity (Wildman–Crippen MR) is 158 cm³/mol. The number of aromatic nitrogens is 4. The topological polar surface area (TPSA) is 158 Å². The van der Waals surface area contributed by atoms with Crippen LogP contribution in [0.4, 0.5) is 22.2 Å². The fraction of sp³-hybridized carbons (Fsp3) is 0.517. The smallest absolute Gasteiger partial charge is 0.406 e. The van der Waals surface area contributed by atoms with Gasteiger partial charge in [0.25, 0.3) is 5.56 Å². The van der Waals surface area contributed by atoms with E-state index >= 15 is 0 Å². The number of anilines is 3. The molecule has 5 rings (SSSR count). The average Bonchev–Trinajstić information content (AvgIpc) is 3.48. The summed E-state index contributed by atoms with van der Waals surface area (Å²) >= 11 is 0. The molecule has 1 aliphatic carbocycles. The molecule has 2 aliphatic rings. The fourth-order valence-corrected chi connectivity index (χ4v) is 5.85. The summed E-state index contributed by atoms with van der Waals surface area (Å²) in [5.74, 6) is 0.693. The van der Waals surface area contributed by atoms with Gasteiger partial charge in [-0.3, -0.25) is 19.1 Å². The summed E-state index contributed by atoms with van der Waals surface area (Å²) in [4.78, 5) is 54.9. The van der Waals surface area contributed by atoms with Crippen molar-refractivity contribution in [2.24, 2.45) is 5.73 Å². The number of hydrogen-bond donors (Lipinski definition) is 2. The van der Waals surface area contributed by atoms with Crippen LogP contribution in [0.15, 0.2) is 29.3 Å². The second-order valence-corrected chi connectivity index (χ2v) is 10.8. The Morgan fingerprint density at radius 2 is 1.86 bits per heavy atom. The van der Waals surface area contributed by atoms with E-state index in [1.165, 1.54) is 6.92 Å². The van der Waals surface area contributed by atoms with Crippen molar-refractivity contribution in [2.75, 3.05) is 49.5 Å². The van der Waals surface area contributed by atoms with Crippen LogP contribution in [0.1, 0.15) is 61.5 Å². The Labute approximate surface area is 244 Å². The number of primary amides is 1. The molecule has 42 heavy (non-hydrogen) atoms. The Kier molecular flexibility index (Phi) is 8.97. The zero-order chi connectivity index (χ0) is 29.8. The standard InChI is InChI=1S/C29H38N8O5/c1-18-23-17-32-29(34-26(23)37(21-6-4-5-7-21)27(39)25(18)19(2)38)33-24-9-8-22(16-31-24)36-12-10-35(11-13-36)14-15-41-20(3)42-28(30)40/h8-9,16-17,20-21H,4-7,10-15H2,1-3H3,(H2,30,40)(H,31,32,33,34). The summed E-state index contributed by atoms with van der Waals surface area (Å²) in [6.07, 6.45) is 5.86. The average molecular weight is 579 g/mol. The highest BCUT2D eigenvalue weighted by atomic mass is 16.7. The molecule has 3 aromatic rings. The number of Topliss-reactive ketones (excluding diaryl/α,β-unsaturated/α-hetero) is 1. The van der Waals surface area contributed by atoms with Gasteiger partial charge in [-0.05, 0) is 51.3 Å². The largest absolute Gasteiger partial charge is 0.420 e. The highest BCUT2D eigenvalue weighted by Gasteiger charge is 2.26. The molecule has 1 amide bonds. The zero-order valence-corrected chi connectivity index (χ0v) is 24.3. The number of ketones is 1. The monoisotopic (exact) mass is 578 g/mol. The van der Waals surface area contributed by atoms with E-state index in [1.807, 2.05) is 18.3 Å². The lowest BCUT2D eigenvalue weighted by atomic mass is 10.0. The molecule has 2 fully saturated rings. The third-order valence-corrected chi connectivity index (χ3v) is 8.02. The number of amides is 1. The lowest BCUT2D eigenvalue weighted by molar-refractivity contribution is -0.0926. The van der Waals surface area contributed by atoms with Crippen molar-refractivity contribution < 1.29 is 19.1 Å². The molecule has 1 saturated carbocycles. The summed E-state index contributed by atoms with van der Waals surface area (Å²) in [6, 6.07) is 3.92. The second kappa shape index (κ2) is 12.8. The van der Waals surface area contributed by atoms with E-state index in [1.54, 1.807) is 24.6 Å². The number of aryl methyl sites for hydroxylation is 1. The number of nitrogens with two attached hydrogens (primary N) is 1. The zero-order valence-electron chi connectivity index (χ0n) is 24.3. The van der Waals surface area contributed by atoms with Gasteiger partial charge in [-0.1, -0.05) is 12.8 Å². The fourth-order valence-electron chi connectivity index (χ4n) is 5.85. The van der Waals surface area contributed by atoms with Crippen molar-refractivity contribution in [1.29, 1.82) is 0 Å². The molecule has 1 saturated heterocycles. The van der Waals surface area contributed by atoms with Gasteiger partial charge in [0.05, 0.1) is 24.1 Å². The molecule has 0 aromatic carbocycles. The number of ether oxygens (including phenoxy) is 2. The van der Waals surface area contributed by atoms with Gasteiger partial charge in [0.2, 0.25) is 12.2 Å². The van der Waals surface area contributed by atoms with E-state index in [4.69, 9.17) is 20.2 Å². The third kappa shape index (κ3) is 6.52. The van der Waals surface area contributed by atoms with E-state index < -0.39 is 12.4 Å².